The molecule has 0 atom stereocenters. The van der Waals surface area contributed by atoms with Crippen LogP contribution >= 0.6 is 12.4 Å². The van der Waals surface area contributed by atoms with Gasteiger partial charge in [-0.3, -0.25) is 4.79 Å². The van der Waals surface area contributed by atoms with Crippen LogP contribution in [0.5, 0.6) is 0 Å². The Bertz CT molecular complexity index is 499. The second kappa shape index (κ2) is 7.42. The molecule has 1 aliphatic heterocycles. The SMILES string of the molecule is Cl.NC1(c2noc(CN3CCCCCCC3=O)n2)CCCC1. The standard InChI is InChI=1S/C15H24N4O2.ClH/c16-15(8-4-5-9-15)14-17-12(21-18-14)11-19-10-6-2-1-3-7-13(19)20;/h1-11,16H2;1H. The lowest BCUT2D eigenvalue weighted by molar-refractivity contribution is -0.132. The van der Waals surface area contributed by atoms with E-state index in [1.165, 1.54) is 6.42 Å². The van der Waals surface area contributed by atoms with Gasteiger partial charge in [0.25, 0.3) is 0 Å². The number of halogens is 1. The van der Waals surface area contributed by atoms with E-state index in [9.17, 15) is 4.79 Å². The Hall–Kier alpha value is -1.14. The van der Waals surface area contributed by atoms with Gasteiger partial charge in [0.15, 0.2) is 5.82 Å². The maximum Gasteiger partial charge on any atom is 0.246 e. The smallest absolute Gasteiger partial charge is 0.246 e. The normalized spacial score (nSPS) is 22.0. The highest BCUT2D eigenvalue weighted by atomic mass is 35.5. The van der Waals surface area contributed by atoms with Crippen LogP contribution in [-0.4, -0.2) is 27.5 Å². The molecule has 22 heavy (non-hydrogen) atoms. The summed E-state index contributed by atoms with van der Waals surface area (Å²) in [4.78, 5) is 18.4. The molecule has 7 heteroatoms. The Balaban J connectivity index is 0.00000176. The van der Waals surface area contributed by atoms with Crippen molar-refractivity contribution in [2.24, 2.45) is 5.73 Å². The number of carbonyl (C=O) groups excluding carboxylic acids is 1. The lowest BCUT2D eigenvalue weighted by atomic mass is 9.99. The van der Waals surface area contributed by atoms with Crippen LogP contribution in [0.15, 0.2) is 4.52 Å². The number of hydrogen-bond acceptors (Lipinski definition) is 5. The van der Waals surface area contributed by atoms with Gasteiger partial charge in [-0.05, 0) is 25.7 Å². The molecular weight excluding hydrogens is 304 g/mol. The van der Waals surface area contributed by atoms with Gasteiger partial charge in [0.05, 0.1) is 12.1 Å². The van der Waals surface area contributed by atoms with Crippen molar-refractivity contribution in [3.05, 3.63) is 11.7 Å². The van der Waals surface area contributed by atoms with Crippen molar-refractivity contribution in [2.45, 2.75) is 69.9 Å². The Morgan fingerprint density at radius 2 is 1.86 bits per heavy atom. The lowest BCUT2D eigenvalue weighted by Crippen LogP contribution is -2.35. The number of carbonyl (C=O) groups is 1. The first-order chi connectivity index (χ1) is 10.2. The Labute approximate surface area is 137 Å². The van der Waals surface area contributed by atoms with Gasteiger partial charge in [-0.15, -0.1) is 12.4 Å². The molecule has 1 aliphatic carbocycles. The fraction of sp³-hybridized carbons (Fsp3) is 0.800. The number of rotatable bonds is 3. The molecule has 0 bridgehead atoms. The molecular formula is C15H25ClN4O2. The molecule has 0 unspecified atom stereocenters. The van der Waals surface area contributed by atoms with Gasteiger partial charge < -0.3 is 15.2 Å². The molecule has 0 spiro atoms. The largest absolute Gasteiger partial charge is 0.337 e. The van der Waals surface area contributed by atoms with E-state index in [-0.39, 0.29) is 18.3 Å². The minimum atomic E-state index is -0.429. The molecule has 2 heterocycles. The van der Waals surface area contributed by atoms with Crippen LogP contribution in [0, 0.1) is 0 Å². The van der Waals surface area contributed by atoms with Gasteiger partial charge in [-0.2, -0.15) is 4.98 Å². The molecule has 3 rings (SSSR count). The van der Waals surface area contributed by atoms with E-state index < -0.39 is 5.54 Å². The van der Waals surface area contributed by atoms with E-state index in [1.807, 2.05) is 4.90 Å². The number of aromatic nitrogens is 2. The zero-order valence-electron chi connectivity index (χ0n) is 12.9. The number of amides is 1. The average Bonchev–Trinajstić information content (AvgIpc) is 3.08. The molecule has 2 N–H and O–H groups in total. The molecule has 2 aliphatic rings. The van der Waals surface area contributed by atoms with Gasteiger partial charge in [0, 0.05) is 13.0 Å². The Kier molecular flexibility index (Phi) is 5.81. The molecule has 124 valence electrons. The van der Waals surface area contributed by atoms with Crippen molar-refractivity contribution in [3.8, 4) is 0 Å². The first-order valence-corrected chi connectivity index (χ1v) is 8.07. The van der Waals surface area contributed by atoms with Crippen molar-refractivity contribution < 1.29 is 9.32 Å². The van der Waals surface area contributed by atoms with E-state index in [1.54, 1.807) is 0 Å². The molecule has 0 radical (unpaired) electrons. The Morgan fingerprint density at radius 1 is 1.14 bits per heavy atom. The Morgan fingerprint density at radius 3 is 2.64 bits per heavy atom. The lowest BCUT2D eigenvalue weighted by Gasteiger charge is -2.23. The molecule has 2 fully saturated rings. The average molecular weight is 329 g/mol. The maximum absolute atomic E-state index is 12.1. The van der Waals surface area contributed by atoms with Gasteiger partial charge in [-0.1, -0.05) is 30.8 Å². The van der Waals surface area contributed by atoms with Crippen molar-refractivity contribution in [2.75, 3.05) is 6.54 Å². The van der Waals surface area contributed by atoms with Crippen LogP contribution in [0.1, 0.15) is 69.5 Å². The predicted octanol–water partition coefficient (Wildman–Crippen LogP) is 2.51. The van der Waals surface area contributed by atoms with Crippen molar-refractivity contribution in [3.63, 3.8) is 0 Å². The molecule has 1 saturated carbocycles. The van der Waals surface area contributed by atoms with Crippen molar-refractivity contribution in [1.29, 1.82) is 0 Å². The summed E-state index contributed by atoms with van der Waals surface area (Å²) < 4.78 is 5.33. The summed E-state index contributed by atoms with van der Waals surface area (Å²) in [6.45, 7) is 1.20. The molecule has 1 aromatic heterocycles. The quantitative estimate of drug-likeness (QED) is 0.921. The van der Waals surface area contributed by atoms with Crippen LogP contribution in [0.2, 0.25) is 0 Å². The third-order valence-corrected chi connectivity index (χ3v) is 4.66. The second-order valence-electron chi connectivity index (χ2n) is 6.35. The summed E-state index contributed by atoms with van der Waals surface area (Å²) in [6, 6.07) is 0. The summed E-state index contributed by atoms with van der Waals surface area (Å²) >= 11 is 0. The van der Waals surface area contributed by atoms with Crippen LogP contribution < -0.4 is 5.73 Å². The van der Waals surface area contributed by atoms with E-state index >= 15 is 0 Å². The topological polar surface area (TPSA) is 85.2 Å². The molecule has 1 saturated heterocycles. The van der Waals surface area contributed by atoms with Gasteiger partial charge in [-0.25, -0.2) is 0 Å². The van der Waals surface area contributed by atoms with E-state index in [4.69, 9.17) is 10.3 Å². The third kappa shape index (κ3) is 3.79. The predicted molar refractivity (Wildman–Crippen MR) is 84.4 cm³/mol. The maximum atomic E-state index is 12.1. The molecule has 6 nitrogen and oxygen atoms in total. The zero-order chi connectivity index (χ0) is 14.7. The second-order valence-corrected chi connectivity index (χ2v) is 6.35. The van der Waals surface area contributed by atoms with Gasteiger partial charge in [0.1, 0.15) is 0 Å². The number of nitrogens with zero attached hydrogens (tertiary/aromatic N) is 3. The molecule has 1 aromatic rings. The summed E-state index contributed by atoms with van der Waals surface area (Å²) in [7, 11) is 0. The van der Waals surface area contributed by atoms with Crippen LogP contribution in [0.25, 0.3) is 0 Å². The van der Waals surface area contributed by atoms with Crippen LogP contribution in [0.3, 0.4) is 0 Å². The van der Waals surface area contributed by atoms with Gasteiger partial charge >= 0.3 is 0 Å². The monoisotopic (exact) mass is 328 g/mol. The highest BCUT2D eigenvalue weighted by molar-refractivity contribution is 5.85. The van der Waals surface area contributed by atoms with E-state index in [0.717, 1.165) is 51.5 Å². The van der Waals surface area contributed by atoms with Crippen LogP contribution in [-0.2, 0) is 16.9 Å². The molecule has 0 aromatic carbocycles. The summed E-state index contributed by atoms with van der Waals surface area (Å²) in [5.41, 5.74) is 5.91. The van der Waals surface area contributed by atoms with Crippen molar-refractivity contribution >= 4 is 18.3 Å². The van der Waals surface area contributed by atoms with Gasteiger partial charge in [0.2, 0.25) is 11.8 Å². The highest BCUT2D eigenvalue weighted by Gasteiger charge is 2.36. The summed E-state index contributed by atoms with van der Waals surface area (Å²) in [6.07, 6.45) is 9.05. The summed E-state index contributed by atoms with van der Waals surface area (Å²) in [5, 5.41) is 4.05. The number of hydrogen-bond donors (Lipinski definition) is 1. The first-order valence-electron chi connectivity index (χ1n) is 8.07. The highest BCUT2D eigenvalue weighted by Crippen LogP contribution is 2.34. The first kappa shape index (κ1) is 17.2. The number of nitrogens with two attached hydrogens (primary N) is 1. The summed E-state index contributed by atoms with van der Waals surface area (Å²) in [5.74, 6) is 1.31. The minimum Gasteiger partial charge on any atom is -0.337 e. The zero-order valence-corrected chi connectivity index (χ0v) is 13.7. The number of likely N-dealkylation sites (tertiary alicyclic amines) is 1. The van der Waals surface area contributed by atoms with Crippen LogP contribution in [0.4, 0.5) is 0 Å². The van der Waals surface area contributed by atoms with E-state index in [0.29, 0.717) is 24.7 Å². The third-order valence-electron chi connectivity index (χ3n) is 4.66. The fourth-order valence-corrected chi connectivity index (χ4v) is 3.30. The van der Waals surface area contributed by atoms with Crippen molar-refractivity contribution in [1.82, 2.24) is 15.0 Å². The fourth-order valence-electron chi connectivity index (χ4n) is 3.30. The van der Waals surface area contributed by atoms with E-state index in [2.05, 4.69) is 10.1 Å². The minimum absolute atomic E-state index is 0. The molecule has 1 amide bonds.